The van der Waals surface area contributed by atoms with E-state index in [-0.39, 0.29) is 31.1 Å². The van der Waals surface area contributed by atoms with Crippen molar-refractivity contribution in [3.8, 4) is 0 Å². The number of carbonyl (C=O) groups excluding carboxylic acids is 3. The Bertz CT molecular complexity index is 1060. The van der Waals surface area contributed by atoms with Gasteiger partial charge in [-0.15, -0.1) is 0 Å². The van der Waals surface area contributed by atoms with Crippen LogP contribution in [0.25, 0.3) is 0 Å². The Labute approximate surface area is 431 Å². The van der Waals surface area contributed by atoms with Gasteiger partial charge in [-0.05, 0) is 31.1 Å². The third kappa shape index (κ3) is 57.2. The lowest BCUT2D eigenvalue weighted by Gasteiger charge is -2.18. The molecule has 0 fully saturated rings. The molecule has 1 atom stereocenters. The van der Waals surface area contributed by atoms with Crippen molar-refractivity contribution < 1.29 is 28.6 Å². The second kappa shape index (κ2) is 55.7. The van der Waals surface area contributed by atoms with Crippen molar-refractivity contribution in [1.82, 2.24) is 0 Å². The minimum absolute atomic E-state index is 0.0619. The summed E-state index contributed by atoms with van der Waals surface area (Å²) < 4.78 is 16.9. The van der Waals surface area contributed by atoms with Crippen molar-refractivity contribution >= 4 is 17.9 Å². The molecule has 0 aromatic carbocycles. The van der Waals surface area contributed by atoms with Gasteiger partial charge in [-0.1, -0.05) is 317 Å². The number of rotatable bonds is 57. The van der Waals surface area contributed by atoms with Crippen LogP contribution in [0.4, 0.5) is 0 Å². The molecule has 0 bridgehead atoms. The van der Waals surface area contributed by atoms with Crippen LogP contribution in [-0.4, -0.2) is 37.2 Å². The number of unbranched alkanes of at least 4 members (excludes halogenated alkanes) is 42. The lowest BCUT2D eigenvalue weighted by atomic mass is 10.0. The summed E-state index contributed by atoms with van der Waals surface area (Å²) in [4.78, 5) is 38.3. The van der Waals surface area contributed by atoms with E-state index in [0.717, 1.165) is 69.6 Å². The fraction of sp³-hybridized carbons (Fsp3) is 0.952. The summed E-state index contributed by atoms with van der Waals surface area (Å²) in [6.07, 6.45) is 61.0. The Morgan fingerprint density at radius 3 is 0.710 bits per heavy atom. The molecule has 0 saturated carbocycles. The van der Waals surface area contributed by atoms with Crippen LogP contribution in [0.2, 0.25) is 0 Å². The molecule has 0 aliphatic heterocycles. The molecule has 0 unspecified atom stereocenters. The van der Waals surface area contributed by atoms with E-state index in [0.29, 0.717) is 19.3 Å². The molecule has 0 amide bonds. The van der Waals surface area contributed by atoms with Gasteiger partial charge in [0.05, 0.1) is 0 Å². The van der Waals surface area contributed by atoms with Crippen LogP contribution in [0, 0.1) is 11.8 Å². The van der Waals surface area contributed by atoms with Gasteiger partial charge < -0.3 is 14.2 Å². The van der Waals surface area contributed by atoms with Gasteiger partial charge in [-0.3, -0.25) is 14.4 Å². The second-order valence-electron chi connectivity index (χ2n) is 22.6. The molecule has 0 aromatic heterocycles. The molecule has 0 aromatic rings. The number of ether oxygens (including phenoxy) is 3. The van der Waals surface area contributed by atoms with Gasteiger partial charge in [0.25, 0.3) is 0 Å². The van der Waals surface area contributed by atoms with E-state index >= 15 is 0 Å². The van der Waals surface area contributed by atoms with Gasteiger partial charge in [0, 0.05) is 19.3 Å². The molecule has 69 heavy (non-hydrogen) atoms. The van der Waals surface area contributed by atoms with Crippen LogP contribution in [0.1, 0.15) is 356 Å². The van der Waals surface area contributed by atoms with Crippen LogP contribution in [0.5, 0.6) is 0 Å². The number of esters is 3. The Morgan fingerprint density at radius 2 is 0.478 bits per heavy atom. The van der Waals surface area contributed by atoms with Crippen molar-refractivity contribution in [2.45, 2.75) is 362 Å². The summed E-state index contributed by atoms with van der Waals surface area (Å²) in [6, 6.07) is 0. The third-order valence-electron chi connectivity index (χ3n) is 14.5. The minimum atomic E-state index is -0.763. The average molecular weight is 976 g/mol. The minimum Gasteiger partial charge on any atom is -0.462 e. The highest BCUT2D eigenvalue weighted by Gasteiger charge is 2.19. The summed E-state index contributed by atoms with van der Waals surface area (Å²) in [5.74, 6) is 0.860. The molecule has 0 aliphatic carbocycles. The van der Waals surface area contributed by atoms with Crippen LogP contribution >= 0.6 is 0 Å². The van der Waals surface area contributed by atoms with Crippen molar-refractivity contribution in [1.29, 1.82) is 0 Å². The lowest BCUT2D eigenvalue weighted by molar-refractivity contribution is -0.167. The fourth-order valence-electron chi connectivity index (χ4n) is 9.76. The maximum Gasteiger partial charge on any atom is 0.306 e. The smallest absolute Gasteiger partial charge is 0.306 e. The van der Waals surface area contributed by atoms with Gasteiger partial charge in [-0.2, -0.15) is 0 Å². The second-order valence-corrected chi connectivity index (χ2v) is 22.6. The molecule has 0 saturated heterocycles. The van der Waals surface area contributed by atoms with E-state index in [1.54, 1.807) is 0 Å². The zero-order chi connectivity index (χ0) is 50.4. The summed E-state index contributed by atoms with van der Waals surface area (Å²) in [5.41, 5.74) is 0. The standard InChI is InChI=1S/C63H122O6/c1-6-7-8-9-10-11-12-13-14-17-23-28-33-38-43-48-53-61(64)67-56-60(57-68-62(65)54-49-44-39-34-29-24-20-19-22-27-32-37-42-47-52-59(4)5)69-63(66)55-50-45-40-35-30-25-18-15-16-21-26-31-36-41-46-51-58(2)3/h58-60H,6-57H2,1-5H3/t60-/m0/s1. The highest BCUT2D eigenvalue weighted by atomic mass is 16.6. The molecule has 6 heteroatoms. The zero-order valence-electron chi connectivity index (χ0n) is 47.5. The van der Waals surface area contributed by atoms with Crippen molar-refractivity contribution in [3.63, 3.8) is 0 Å². The van der Waals surface area contributed by atoms with E-state index in [4.69, 9.17) is 14.2 Å². The SMILES string of the molecule is CCCCCCCCCCCCCCCCCCC(=O)OC[C@@H](COC(=O)CCCCCCCCCCCCCCCCC(C)C)OC(=O)CCCCCCCCCCCCCCCCCC(C)C. The third-order valence-corrected chi connectivity index (χ3v) is 14.5. The Balaban J connectivity index is 4.29. The highest BCUT2D eigenvalue weighted by Crippen LogP contribution is 2.19. The van der Waals surface area contributed by atoms with E-state index < -0.39 is 6.10 Å². The topological polar surface area (TPSA) is 78.9 Å². The van der Waals surface area contributed by atoms with Crippen LogP contribution in [-0.2, 0) is 28.6 Å². The van der Waals surface area contributed by atoms with Crippen molar-refractivity contribution in [3.05, 3.63) is 0 Å². The zero-order valence-corrected chi connectivity index (χ0v) is 47.5. The maximum atomic E-state index is 12.9. The first-order valence-corrected chi connectivity index (χ1v) is 31.2. The monoisotopic (exact) mass is 975 g/mol. The molecule has 0 radical (unpaired) electrons. The Kier molecular flexibility index (Phi) is 54.4. The van der Waals surface area contributed by atoms with E-state index in [2.05, 4.69) is 34.6 Å². The van der Waals surface area contributed by atoms with E-state index in [9.17, 15) is 14.4 Å². The first-order valence-electron chi connectivity index (χ1n) is 31.2. The first-order chi connectivity index (χ1) is 33.7. The van der Waals surface area contributed by atoms with Crippen LogP contribution in [0.3, 0.4) is 0 Å². The average Bonchev–Trinajstić information content (AvgIpc) is 3.32. The normalized spacial score (nSPS) is 12.0. The van der Waals surface area contributed by atoms with Crippen LogP contribution < -0.4 is 0 Å². The van der Waals surface area contributed by atoms with Gasteiger partial charge in [0.15, 0.2) is 6.10 Å². The molecule has 0 heterocycles. The largest absolute Gasteiger partial charge is 0.462 e. The van der Waals surface area contributed by atoms with Crippen molar-refractivity contribution in [2.75, 3.05) is 13.2 Å². The Morgan fingerprint density at radius 1 is 0.275 bits per heavy atom. The molecule has 0 rings (SSSR count). The van der Waals surface area contributed by atoms with E-state index in [1.807, 2.05) is 0 Å². The molecule has 0 aliphatic rings. The predicted octanol–water partition coefficient (Wildman–Crippen LogP) is 20.8. The predicted molar refractivity (Wildman–Crippen MR) is 298 cm³/mol. The highest BCUT2D eigenvalue weighted by molar-refractivity contribution is 5.71. The lowest BCUT2D eigenvalue weighted by Crippen LogP contribution is -2.30. The number of carbonyl (C=O) groups is 3. The first kappa shape index (κ1) is 67.4. The van der Waals surface area contributed by atoms with Gasteiger partial charge in [0.1, 0.15) is 13.2 Å². The molecular weight excluding hydrogens is 853 g/mol. The molecule has 0 spiro atoms. The van der Waals surface area contributed by atoms with Crippen molar-refractivity contribution in [2.24, 2.45) is 11.8 Å². The molecule has 410 valence electrons. The maximum absolute atomic E-state index is 12.9. The Hall–Kier alpha value is -1.59. The van der Waals surface area contributed by atoms with E-state index in [1.165, 1.54) is 244 Å². The molecule has 0 N–H and O–H groups in total. The summed E-state index contributed by atoms with van der Waals surface area (Å²) in [6.45, 7) is 11.5. The number of hydrogen-bond acceptors (Lipinski definition) is 6. The van der Waals surface area contributed by atoms with Gasteiger partial charge >= 0.3 is 17.9 Å². The summed E-state index contributed by atoms with van der Waals surface area (Å²) >= 11 is 0. The number of hydrogen-bond donors (Lipinski definition) is 0. The molecular formula is C63H122O6. The van der Waals surface area contributed by atoms with Crippen LogP contribution in [0.15, 0.2) is 0 Å². The molecule has 6 nitrogen and oxygen atoms in total. The quantitative estimate of drug-likeness (QED) is 0.0343. The van der Waals surface area contributed by atoms with Gasteiger partial charge in [-0.25, -0.2) is 0 Å². The van der Waals surface area contributed by atoms with Gasteiger partial charge in [0.2, 0.25) is 0 Å². The summed E-state index contributed by atoms with van der Waals surface area (Å²) in [5, 5.41) is 0. The fourth-order valence-corrected chi connectivity index (χ4v) is 9.76. The summed E-state index contributed by atoms with van der Waals surface area (Å²) in [7, 11) is 0.